The Morgan fingerprint density at radius 2 is 2.09 bits per heavy atom. The molecule has 8 heteroatoms. The molecular formula is C15H16N4O3S. The molecule has 0 bridgehead atoms. The van der Waals surface area contributed by atoms with Gasteiger partial charge < -0.3 is 4.98 Å². The van der Waals surface area contributed by atoms with Gasteiger partial charge in [-0.05, 0) is 12.5 Å². The third-order valence-corrected chi connectivity index (χ3v) is 5.68. The maximum atomic E-state index is 12.4. The predicted molar refractivity (Wildman–Crippen MR) is 87.9 cm³/mol. The van der Waals surface area contributed by atoms with Crippen molar-refractivity contribution in [3.63, 3.8) is 0 Å². The van der Waals surface area contributed by atoms with Gasteiger partial charge in [0.05, 0.1) is 35.0 Å². The molecule has 0 spiro atoms. The Bertz CT molecular complexity index is 1070. The van der Waals surface area contributed by atoms with E-state index >= 15 is 0 Å². The van der Waals surface area contributed by atoms with Gasteiger partial charge >= 0.3 is 5.69 Å². The minimum atomic E-state index is -3.24. The molecule has 23 heavy (non-hydrogen) atoms. The fourth-order valence-electron chi connectivity index (χ4n) is 3.33. The zero-order valence-electron chi connectivity index (χ0n) is 12.6. The van der Waals surface area contributed by atoms with Crippen LogP contribution < -0.4 is 5.69 Å². The van der Waals surface area contributed by atoms with Crippen LogP contribution in [0.3, 0.4) is 0 Å². The molecule has 1 atom stereocenters. The molecule has 1 saturated heterocycles. The van der Waals surface area contributed by atoms with E-state index in [1.165, 1.54) is 10.6 Å². The summed E-state index contributed by atoms with van der Waals surface area (Å²) in [6, 6.07) is 7.46. The van der Waals surface area contributed by atoms with Crippen molar-refractivity contribution in [3.05, 3.63) is 40.9 Å². The zero-order chi connectivity index (χ0) is 16.2. The van der Waals surface area contributed by atoms with E-state index in [2.05, 4.69) is 9.97 Å². The van der Waals surface area contributed by atoms with E-state index in [1.54, 1.807) is 10.8 Å². The Balaban J connectivity index is 1.92. The van der Waals surface area contributed by atoms with Crippen molar-refractivity contribution >= 4 is 32.0 Å². The SMILES string of the molecule is CS(=O)(=O)N1CCC(n2c(=O)[nH]c3cnc4ccccc4c32)C1. The molecule has 1 unspecified atom stereocenters. The summed E-state index contributed by atoms with van der Waals surface area (Å²) in [6.45, 7) is 0.758. The van der Waals surface area contributed by atoms with Crippen molar-refractivity contribution in [2.75, 3.05) is 19.3 Å². The molecule has 0 saturated carbocycles. The monoisotopic (exact) mass is 332 g/mol. The average molecular weight is 332 g/mol. The number of hydrogen-bond donors (Lipinski definition) is 1. The molecule has 1 N–H and O–H groups in total. The van der Waals surface area contributed by atoms with Gasteiger partial charge in [0.15, 0.2) is 0 Å². The van der Waals surface area contributed by atoms with E-state index in [-0.39, 0.29) is 11.7 Å². The smallest absolute Gasteiger partial charge is 0.304 e. The highest BCUT2D eigenvalue weighted by Gasteiger charge is 2.31. The third-order valence-electron chi connectivity index (χ3n) is 4.41. The number of pyridine rings is 1. The lowest BCUT2D eigenvalue weighted by atomic mass is 10.1. The van der Waals surface area contributed by atoms with Gasteiger partial charge in [0.25, 0.3) is 0 Å². The largest absolute Gasteiger partial charge is 0.326 e. The van der Waals surface area contributed by atoms with E-state index in [0.29, 0.717) is 25.0 Å². The first kappa shape index (κ1) is 14.4. The van der Waals surface area contributed by atoms with Gasteiger partial charge in [0.2, 0.25) is 10.0 Å². The topological polar surface area (TPSA) is 88.1 Å². The van der Waals surface area contributed by atoms with Crippen LogP contribution in [0.25, 0.3) is 21.9 Å². The van der Waals surface area contributed by atoms with Gasteiger partial charge in [-0.2, -0.15) is 0 Å². The zero-order valence-corrected chi connectivity index (χ0v) is 13.4. The van der Waals surface area contributed by atoms with E-state index in [4.69, 9.17) is 0 Å². The molecule has 1 aliphatic heterocycles. The van der Waals surface area contributed by atoms with Crippen LogP contribution in [-0.4, -0.2) is 46.6 Å². The van der Waals surface area contributed by atoms with Crippen molar-refractivity contribution in [2.45, 2.75) is 12.5 Å². The highest BCUT2D eigenvalue weighted by atomic mass is 32.2. The lowest BCUT2D eigenvalue weighted by Gasteiger charge is -2.15. The number of aromatic amines is 1. The Morgan fingerprint density at radius 1 is 1.30 bits per heavy atom. The van der Waals surface area contributed by atoms with Gasteiger partial charge in [-0.15, -0.1) is 0 Å². The van der Waals surface area contributed by atoms with Crippen LogP contribution in [0.1, 0.15) is 12.5 Å². The molecular weight excluding hydrogens is 316 g/mol. The first-order valence-electron chi connectivity index (χ1n) is 7.38. The lowest BCUT2D eigenvalue weighted by molar-refractivity contribution is 0.456. The standard InChI is InChI=1S/C15H16N4O3S/c1-23(21,22)18-7-6-10(9-18)19-14-11-4-2-3-5-12(11)16-8-13(14)17-15(19)20/h2-5,8,10H,6-7,9H2,1H3,(H,17,20). The second-order valence-electron chi connectivity index (χ2n) is 5.90. The highest BCUT2D eigenvalue weighted by Crippen LogP contribution is 2.28. The summed E-state index contributed by atoms with van der Waals surface area (Å²) in [5.74, 6) is 0. The summed E-state index contributed by atoms with van der Waals surface area (Å²) in [6.07, 6.45) is 3.47. The second kappa shape index (κ2) is 4.90. The summed E-state index contributed by atoms with van der Waals surface area (Å²) in [5, 5.41) is 0.890. The number of benzene rings is 1. The normalized spacial score (nSPS) is 19.8. The summed E-state index contributed by atoms with van der Waals surface area (Å²) in [5.41, 5.74) is 2.05. The Morgan fingerprint density at radius 3 is 2.83 bits per heavy atom. The third kappa shape index (κ3) is 2.25. The van der Waals surface area contributed by atoms with Gasteiger partial charge in [-0.1, -0.05) is 18.2 Å². The Hall–Kier alpha value is -2.19. The molecule has 7 nitrogen and oxygen atoms in total. The molecule has 120 valence electrons. The molecule has 3 aromatic rings. The molecule has 3 heterocycles. The number of rotatable bonds is 2. The fraction of sp³-hybridized carbons (Fsp3) is 0.333. The average Bonchev–Trinajstić information content (AvgIpc) is 3.10. The van der Waals surface area contributed by atoms with Crippen LogP contribution >= 0.6 is 0 Å². The molecule has 0 aliphatic carbocycles. The Labute approximate surface area is 132 Å². The van der Waals surface area contributed by atoms with Crippen LogP contribution in [0.15, 0.2) is 35.3 Å². The van der Waals surface area contributed by atoms with E-state index < -0.39 is 10.0 Å². The number of imidazole rings is 1. The predicted octanol–water partition coefficient (Wildman–Crippen LogP) is 1.08. The van der Waals surface area contributed by atoms with Crippen LogP contribution in [0.4, 0.5) is 0 Å². The molecule has 1 aromatic carbocycles. The van der Waals surface area contributed by atoms with Gasteiger partial charge in [-0.3, -0.25) is 9.55 Å². The van der Waals surface area contributed by atoms with Crippen LogP contribution in [0.2, 0.25) is 0 Å². The minimum absolute atomic E-state index is 0.170. The van der Waals surface area contributed by atoms with E-state index in [1.807, 2.05) is 24.3 Å². The second-order valence-corrected chi connectivity index (χ2v) is 7.88. The summed E-state index contributed by atoms with van der Waals surface area (Å²) >= 11 is 0. The lowest BCUT2D eigenvalue weighted by Crippen LogP contribution is -2.30. The Kier molecular flexibility index (Phi) is 3.07. The van der Waals surface area contributed by atoms with Crippen molar-refractivity contribution in [3.8, 4) is 0 Å². The van der Waals surface area contributed by atoms with Crippen LogP contribution in [0.5, 0.6) is 0 Å². The van der Waals surface area contributed by atoms with Crippen LogP contribution in [-0.2, 0) is 10.0 Å². The number of aromatic nitrogens is 3. The number of nitrogens with one attached hydrogen (secondary N) is 1. The molecule has 1 aliphatic rings. The quantitative estimate of drug-likeness (QED) is 0.761. The van der Waals surface area contributed by atoms with E-state index in [0.717, 1.165) is 16.4 Å². The number of hydrogen-bond acceptors (Lipinski definition) is 4. The number of H-pyrrole nitrogens is 1. The number of nitrogens with zero attached hydrogens (tertiary/aromatic N) is 3. The molecule has 0 radical (unpaired) electrons. The van der Waals surface area contributed by atoms with Gasteiger partial charge in [0.1, 0.15) is 0 Å². The summed E-state index contributed by atoms with van der Waals surface area (Å²) < 4.78 is 26.6. The number of fused-ring (bicyclic) bond motifs is 3. The molecule has 2 aromatic heterocycles. The first-order chi connectivity index (χ1) is 10.9. The van der Waals surface area contributed by atoms with Gasteiger partial charge in [-0.25, -0.2) is 17.5 Å². The molecule has 0 amide bonds. The van der Waals surface area contributed by atoms with Crippen molar-refractivity contribution in [2.24, 2.45) is 0 Å². The number of para-hydroxylation sites is 1. The molecule has 4 rings (SSSR count). The summed E-state index contributed by atoms with van der Waals surface area (Å²) in [7, 11) is -3.24. The van der Waals surface area contributed by atoms with Crippen molar-refractivity contribution in [1.29, 1.82) is 0 Å². The fourth-order valence-corrected chi connectivity index (χ4v) is 4.21. The first-order valence-corrected chi connectivity index (χ1v) is 9.23. The maximum absolute atomic E-state index is 12.4. The van der Waals surface area contributed by atoms with Crippen molar-refractivity contribution in [1.82, 2.24) is 18.8 Å². The summed E-state index contributed by atoms with van der Waals surface area (Å²) in [4.78, 5) is 19.6. The van der Waals surface area contributed by atoms with Gasteiger partial charge in [0, 0.05) is 18.5 Å². The van der Waals surface area contributed by atoms with E-state index in [9.17, 15) is 13.2 Å². The highest BCUT2D eigenvalue weighted by molar-refractivity contribution is 7.88. The number of sulfonamides is 1. The minimum Gasteiger partial charge on any atom is -0.304 e. The van der Waals surface area contributed by atoms with Crippen molar-refractivity contribution < 1.29 is 8.42 Å². The van der Waals surface area contributed by atoms with Crippen LogP contribution in [0, 0.1) is 0 Å². The molecule has 1 fully saturated rings. The maximum Gasteiger partial charge on any atom is 0.326 e.